The number of fused-ring (bicyclic) bond motifs is 1. The summed E-state index contributed by atoms with van der Waals surface area (Å²) >= 11 is 0. The number of amides is 5. The summed E-state index contributed by atoms with van der Waals surface area (Å²) in [6.45, 7) is -0.549. The number of primary amides is 1. The van der Waals surface area contributed by atoms with Crippen molar-refractivity contribution >= 4 is 29.4 Å². The van der Waals surface area contributed by atoms with E-state index in [1.807, 2.05) is 24.3 Å². The van der Waals surface area contributed by atoms with E-state index in [4.69, 9.17) is 5.73 Å². The topological polar surface area (TPSA) is 113 Å². The molecule has 1 spiro atoms. The molecule has 1 heterocycles. The quantitative estimate of drug-likeness (QED) is 0.666. The lowest BCUT2D eigenvalue weighted by Crippen LogP contribution is -2.51. The lowest BCUT2D eigenvalue weighted by atomic mass is 9.78. The van der Waals surface area contributed by atoms with E-state index in [2.05, 4.69) is 5.32 Å². The zero-order valence-electron chi connectivity index (χ0n) is 17.3. The summed E-state index contributed by atoms with van der Waals surface area (Å²) in [5.41, 5.74) is 6.62. The van der Waals surface area contributed by atoms with Gasteiger partial charge in [0.05, 0.1) is 0 Å². The van der Waals surface area contributed by atoms with Crippen LogP contribution in [-0.4, -0.2) is 47.3 Å². The van der Waals surface area contributed by atoms with Crippen LogP contribution in [0.5, 0.6) is 0 Å². The molecule has 4 rings (SSSR count). The number of carbonyl (C=O) groups excluding carboxylic acids is 4. The summed E-state index contributed by atoms with van der Waals surface area (Å²) in [5.74, 6) is -2.11. The van der Waals surface area contributed by atoms with Gasteiger partial charge in [-0.25, -0.2) is 9.18 Å². The summed E-state index contributed by atoms with van der Waals surface area (Å²) in [6.07, 6.45) is 1.33. The minimum Gasteiger partial charge on any atom is -0.370 e. The van der Waals surface area contributed by atoms with Crippen LogP contribution in [0, 0.1) is 5.82 Å². The fraction of sp³-hybridized carbons (Fsp3) is 0.304. The predicted octanol–water partition coefficient (Wildman–Crippen LogP) is 1.51. The number of hydrogen-bond donors (Lipinski definition) is 2. The Morgan fingerprint density at radius 2 is 1.78 bits per heavy atom. The van der Waals surface area contributed by atoms with E-state index in [9.17, 15) is 23.6 Å². The van der Waals surface area contributed by atoms with Crippen LogP contribution < -0.4 is 16.0 Å². The number of halogens is 1. The molecule has 2 aromatic rings. The van der Waals surface area contributed by atoms with Crippen LogP contribution in [0.25, 0.3) is 0 Å². The van der Waals surface area contributed by atoms with E-state index in [0.29, 0.717) is 24.9 Å². The van der Waals surface area contributed by atoms with Crippen LogP contribution in [0.3, 0.4) is 0 Å². The first kappa shape index (κ1) is 21.5. The van der Waals surface area contributed by atoms with Crippen molar-refractivity contribution in [2.75, 3.05) is 18.0 Å². The van der Waals surface area contributed by atoms with E-state index in [1.54, 1.807) is 0 Å². The standard InChI is InChI=1S/C23H23FN4O4/c24-17-5-7-18(8-6-17)27(12-10-19(25)29)20(30)14-28-21(31)23(26-22(28)32)11-9-15-3-1-2-4-16(15)13-23/h1-8H,9-14H2,(H2,25,29)(H,26,32). The molecule has 8 nitrogen and oxygen atoms in total. The van der Waals surface area contributed by atoms with Gasteiger partial charge in [0.2, 0.25) is 11.8 Å². The second-order valence-corrected chi connectivity index (χ2v) is 8.09. The minimum absolute atomic E-state index is 0.0536. The van der Waals surface area contributed by atoms with Crippen LogP contribution in [-0.2, 0) is 27.2 Å². The van der Waals surface area contributed by atoms with Gasteiger partial charge >= 0.3 is 6.03 Å². The van der Waals surface area contributed by atoms with Gasteiger partial charge in [0.25, 0.3) is 5.91 Å². The van der Waals surface area contributed by atoms with Crippen molar-refractivity contribution in [3.05, 3.63) is 65.5 Å². The van der Waals surface area contributed by atoms with Crippen LogP contribution in [0.1, 0.15) is 24.0 Å². The Morgan fingerprint density at radius 3 is 2.47 bits per heavy atom. The van der Waals surface area contributed by atoms with Crippen LogP contribution in [0.2, 0.25) is 0 Å². The highest BCUT2D eigenvalue weighted by Crippen LogP contribution is 2.33. The maximum Gasteiger partial charge on any atom is 0.325 e. The Kier molecular flexibility index (Phi) is 5.65. The van der Waals surface area contributed by atoms with Crippen LogP contribution >= 0.6 is 0 Å². The van der Waals surface area contributed by atoms with Crippen LogP contribution in [0.15, 0.2) is 48.5 Å². The molecule has 5 amide bonds. The molecular weight excluding hydrogens is 415 g/mol. The fourth-order valence-corrected chi connectivity index (χ4v) is 4.31. The molecule has 0 aromatic heterocycles. The third kappa shape index (κ3) is 4.05. The van der Waals surface area contributed by atoms with Gasteiger partial charge in [-0.3, -0.25) is 19.3 Å². The smallest absolute Gasteiger partial charge is 0.325 e. The summed E-state index contributed by atoms with van der Waals surface area (Å²) in [4.78, 5) is 52.4. The molecule has 0 radical (unpaired) electrons. The maximum atomic E-state index is 13.3. The molecule has 2 aromatic carbocycles. The lowest BCUT2D eigenvalue weighted by Gasteiger charge is -2.32. The predicted molar refractivity (Wildman–Crippen MR) is 114 cm³/mol. The molecule has 9 heteroatoms. The van der Waals surface area contributed by atoms with Gasteiger partial charge in [-0.1, -0.05) is 24.3 Å². The third-order valence-electron chi connectivity index (χ3n) is 5.99. The van der Waals surface area contributed by atoms with Gasteiger partial charge in [0, 0.05) is 25.1 Å². The Bertz CT molecular complexity index is 1090. The normalized spacial score (nSPS) is 19.6. The monoisotopic (exact) mass is 438 g/mol. The molecule has 1 aliphatic carbocycles. The highest BCUT2D eigenvalue weighted by Gasteiger charge is 2.52. The Morgan fingerprint density at radius 1 is 1.09 bits per heavy atom. The highest BCUT2D eigenvalue weighted by molar-refractivity contribution is 6.10. The minimum atomic E-state index is -1.07. The van der Waals surface area contributed by atoms with Gasteiger partial charge in [-0.05, 0) is 48.2 Å². The SMILES string of the molecule is NC(=O)CCN(C(=O)CN1C(=O)NC2(CCc3ccccc3C2)C1=O)c1ccc(F)cc1. The van der Waals surface area contributed by atoms with E-state index in [1.165, 1.54) is 29.2 Å². The number of imide groups is 1. The molecule has 32 heavy (non-hydrogen) atoms. The van der Waals surface area contributed by atoms with Crippen molar-refractivity contribution < 1.29 is 23.6 Å². The summed E-state index contributed by atoms with van der Waals surface area (Å²) in [6, 6.07) is 12.3. The molecule has 1 unspecified atom stereocenters. The van der Waals surface area contributed by atoms with Crippen molar-refractivity contribution in [2.24, 2.45) is 5.73 Å². The van der Waals surface area contributed by atoms with Crippen molar-refractivity contribution in [3.63, 3.8) is 0 Å². The number of nitrogens with two attached hydrogens (primary N) is 1. The molecule has 1 aliphatic heterocycles. The Balaban J connectivity index is 1.53. The number of nitrogens with one attached hydrogen (secondary N) is 1. The molecule has 2 aliphatic rings. The highest BCUT2D eigenvalue weighted by atomic mass is 19.1. The van der Waals surface area contributed by atoms with Gasteiger partial charge < -0.3 is 16.0 Å². The third-order valence-corrected chi connectivity index (χ3v) is 5.99. The number of aryl methyl sites for hydroxylation is 1. The number of urea groups is 1. The van der Waals surface area contributed by atoms with E-state index in [0.717, 1.165) is 16.0 Å². The molecule has 1 fully saturated rings. The molecule has 0 bridgehead atoms. The van der Waals surface area contributed by atoms with E-state index < -0.39 is 41.7 Å². The average Bonchev–Trinajstić information content (AvgIpc) is 2.98. The molecule has 0 saturated carbocycles. The maximum absolute atomic E-state index is 13.3. The number of benzene rings is 2. The first-order chi connectivity index (χ1) is 15.3. The second kappa shape index (κ2) is 8.41. The van der Waals surface area contributed by atoms with Gasteiger partial charge in [0.15, 0.2) is 0 Å². The van der Waals surface area contributed by atoms with Gasteiger partial charge in [-0.15, -0.1) is 0 Å². The van der Waals surface area contributed by atoms with E-state index in [-0.39, 0.29) is 13.0 Å². The van der Waals surface area contributed by atoms with Gasteiger partial charge in [-0.2, -0.15) is 0 Å². The van der Waals surface area contributed by atoms with Crippen molar-refractivity contribution in [3.8, 4) is 0 Å². The average molecular weight is 438 g/mol. The molecule has 1 atom stereocenters. The van der Waals surface area contributed by atoms with Crippen LogP contribution in [0.4, 0.5) is 14.9 Å². The lowest BCUT2D eigenvalue weighted by molar-refractivity contribution is -0.134. The first-order valence-electron chi connectivity index (χ1n) is 10.3. The largest absolute Gasteiger partial charge is 0.370 e. The number of rotatable bonds is 6. The van der Waals surface area contributed by atoms with Crippen molar-refractivity contribution in [2.45, 2.75) is 31.2 Å². The molecule has 1 saturated heterocycles. The summed E-state index contributed by atoms with van der Waals surface area (Å²) < 4.78 is 13.3. The summed E-state index contributed by atoms with van der Waals surface area (Å²) in [5, 5.41) is 2.79. The number of anilines is 1. The zero-order valence-corrected chi connectivity index (χ0v) is 17.3. The fourth-order valence-electron chi connectivity index (χ4n) is 4.31. The van der Waals surface area contributed by atoms with E-state index >= 15 is 0 Å². The second-order valence-electron chi connectivity index (χ2n) is 8.09. The van der Waals surface area contributed by atoms with Crippen molar-refractivity contribution in [1.82, 2.24) is 10.2 Å². The molecule has 3 N–H and O–H groups in total. The number of carbonyl (C=O) groups is 4. The molecular formula is C23H23FN4O4. The number of nitrogens with zero attached hydrogens (tertiary/aromatic N) is 2. The summed E-state index contributed by atoms with van der Waals surface area (Å²) in [7, 11) is 0. The van der Waals surface area contributed by atoms with Crippen molar-refractivity contribution in [1.29, 1.82) is 0 Å². The Hall–Kier alpha value is -3.75. The number of hydrogen-bond acceptors (Lipinski definition) is 4. The first-order valence-corrected chi connectivity index (χ1v) is 10.3. The Labute approximate surface area is 184 Å². The van der Waals surface area contributed by atoms with Gasteiger partial charge in [0.1, 0.15) is 17.9 Å². The zero-order chi connectivity index (χ0) is 22.9. The molecule has 166 valence electrons.